The maximum atomic E-state index is 2.51. The normalized spacial score (nSPS) is 11.4. The number of hydrogen-bond acceptors (Lipinski definition) is 1. The molecule has 10 aromatic carbocycles. The van der Waals surface area contributed by atoms with Gasteiger partial charge in [-0.15, -0.1) is 0 Å². The highest BCUT2D eigenvalue weighted by molar-refractivity contribution is 6.25. The molecule has 1 aromatic heterocycles. The molecule has 2 nitrogen and oxygen atoms in total. The molecular formula is C56H38N2. The van der Waals surface area contributed by atoms with E-state index < -0.39 is 0 Å². The van der Waals surface area contributed by atoms with Crippen molar-refractivity contribution in [1.29, 1.82) is 0 Å². The quantitative estimate of drug-likeness (QED) is 0.158. The second-order valence-corrected chi connectivity index (χ2v) is 15.0. The molecule has 0 aliphatic rings. The predicted octanol–water partition coefficient (Wildman–Crippen LogP) is 15.6. The van der Waals surface area contributed by atoms with Gasteiger partial charge in [0.2, 0.25) is 0 Å². The van der Waals surface area contributed by atoms with Crippen molar-refractivity contribution >= 4 is 60.4 Å². The third kappa shape index (κ3) is 5.82. The molecule has 11 rings (SSSR count). The van der Waals surface area contributed by atoms with Crippen LogP contribution in [0.1, 0.15) is 0 Å². The standard InChI is InChI=1S/C56H38N2/c1-4-15-39(16-5-1)43-27-31-48(32-28-43)57(49-25-14-24-45(35-49)40-17-6-2-7-18-40)54-38-47-23-12-13-26-51(47)56-55(54)52-34-30-46(41-19-8-3-9-20-41)37-53(52)58(56)50-33-29-42-21-10-11-22-44(42)36-50/h1-38H. The Morgan fingerprint density at radius 2 is 0.862 bits per heavy atom. The summed E-state index contributed by atoms with van der Waals surface area (Å²) in [6.45, 7) is 0. The van der Waals surface area contributed by atoms with Gasteiger partial charge >= 0.3 is 0 Å². The molecule has 0 radical (unpaired) electrons. The highest BCUT2D eigenvalue weighted by atomic mass is 15.1. The van der Waals surface area contributed by atoms with E-state index in [1.165, 1.54) is 76.7 Å². The lowest BCUT2D eigenvalue weighted by Gasteiger charge is -2.28. The fourth-order valence-corrected chi connectivity index (χ4v) is 8.75. The van der Waals surface area contributed by atoms with Gasteiger partial charge < -0.3 is 9.47 Å². The van der Waals surface area contributed by atoms with Gasteiger partial charge in [0.1, 0.15) is 0 Å². The van der Waals surface area contributed by atoms with Crippen LogP contribution in [-0.4, -0.2) is 4.57 Å². The Morgan fingerprint density at radius 1 is 0.310 bits per heavy atom. The lowest BCUT2D eigenvalue weighted by Crippen LogP contribution is -2.11. The summed E-state index contributed by atoms with van der Waals surface area (Å²) in [6, 6.07) is 83.8. The topological polar surface area (TPSA) is 8.17 Å². The second-order valence-electron chi connectivity index (χ2n) is 15.0. The van der Waals surface area contributed by atoms with Gasteiger partial charge in [-0.3, -0.25) is 0 Å². The minimum absolute atomic E-state index is 1.09. The fourth-order valence-electron chi connectivity index (χ4n) is 8.75. The van der Waals surface area contributed by atoms with Crippen molar-refractivity contribution in [2.75, 3.05) is 4.90 Å². The summed E-state index contributed by atoms with van der Waals surface area (Å²) in [4.78, 5) is 2.46. The number of benzene rings is 10. The number of fused-ring (bicyclic) bond motifs is 6. The molecule has 0 saturated heterocycles. The van der Waals surface area contributed by atoms with E-state index in [2.05, 4.69) is 240 Å². The Kier molecular flexibility index (Phi) is 8.19. The van der Waals surface area contributed by atoms with Gasteiger partial charge in [-0.25, -0.2) is 0 Å². The Bertz CT molecular complexity index is 3250. The van der Waals surface area contributed by atoms with Gasteiger partial charge in [-0.05, 0) is 98.1 Å². The summed E-state index contributed by atoms with van der Waals surface area (Å²) in [7, 11) is 0. The third-order valence-electron chi connectivity index (χ3n) is 11.5. The van der Waals surface area contributed by atoms with E-state index in [0.717, 1.165) is 22.7 Å². The Balaban J connectivity index is 1.25. The molecule has 0 saturated carbocycles. The van der Waals surface area contributed by atoms with E-state index in [1.807, 2.05) is 0 Å². The van der Waals surface area contributed by atoms with Crippen LogP contribution in [0.5, 0.6) is 0 Å². The highest BCUT2D eigenvalue weighted by Gasteiger charge is 2.24. The zero-order valence-electron chi connectivity index (χ0n) is 31.8. The minimum atomic E-state index is 1.09. The van der Waals surface area contributed by atoms with Gasteiger partial charge in [0.15, 0.2) is 0 Å². The summed E-state index contributed by atoms with van der Waals surface area (Å²) in [5.74, 6) is 0. The molecule has 0 amide bonds. The lowest BCUT2D eigenvalue weighted by atomic mass is 9.99. The van der Waals surface area contributed by atoms with Crippen molar-refractivity contribution in [1.82, 2.24) is 4.57 Å². The first-order chi connectivity index (χ1) is 28.8. The number of rotatable bonds is 7. The van der Waals surface area contributed by atoms with Crippen molar-refractivity contribution in [2.45, 2.75) is 0 Å². The molecule has 11 aromatic rings. The average Bonchev–Trinajstić information content (AvgIpc) is 3.65. The molecule has 0 aliphatic carbocycles. The van der Waals surface area contributed by atoms with Crippen molar-refractivity contribution in [2.24, 2.45) is 0 Å². The van der Waals surface area contributed by atoms with E-state index >= 15 is 0 Å². The van der Waals surface area contributed by atoms with Crippen molar-refractivity contribution in [3.8, 4) is 39.1 Å². The first-order valence-electron chi connectivity index (χ1n) is 19.9. The van der Waals surface area contributed by atoms with Crippen LogP contribution in [0.4, 0.5) is 17.1 Å². The largest absolute Gasteiger partial charge is 0.310 e. The van der Waals surface area contributed by atoms with Crippen LogP contribution in [0.2, 0.25) is 0 Å². The summed E-state index contributed by atoms with van der Waals surface area (Å²) < 4.78 is 2.51. The fraction of sp³-hybridized carbons (Fsp3) is 0. The van der Waals surface area contributed by atoms with E-state index in [-0.39, 0.29) is 0 Å². The predicted molar refractivity (Wildman–Crippen MR) is 247 cm³/mol. The summed E-state index contributed by atoms with van der Waals surface area (Å²) in [6.07, 6.45) is 0. The molecule has 0 fully saturated rings. The maximum Gasteiger partial charge on any atom is 0.0640 e. The Labute approximate surface area is 338 Å². The Morgan fingerprint density at radius 3 is 1.57 bits per heavy atom. The van der Waals surface area contributed by atoms with Crippen molar-refractivity contribution in [3.05, 3.63) is 231 Å². The van der Waals surface area contributed by atoms with Crippen LogP contribution >= 0.6 is 0 Å². The molecule has 58 heavy (non-hydrogen) atoms. The lowest BCUT2D eigenvalue weighted by molar-refractivity contribution is 1.19. The van der Waals surface area contributed by atoms with E-state index in [1.54, 1.807) is 0 Å². The van der Waals surface area contributed by atoms with Crippen LogP contribution in [0.25, 0.3) is 82.4 Å². The smallest absolute Gasteiger partial charge is 0.0640 e. The van der Waals surface area contributed by atoms with E-state index in [9.17, 15) is 0 Å². The molecule has 0 atom stereocenters. The van der Waals surface area contributed by atoms with Crippen LogP contribution < -0.4 is 4.90 Å². The number of hydrogen-bond donors (Lipinski definition) is 0. The van der Waals surface area contributed by atoms with Crippen LogP contribution in [0.15, 0.2) is 231 Å². The number of nitrogens with zero attached hydrogens (tertiary/aromatic N) is 2. The van der Waals surface area contributed by atoms with Crippen LogP contribution in [0, 0.1) is 0 Å². The molecule has 0 bridgehead atoms. The Hall–Kier alpha value is -7.68. The molecule has 0 unspecified atom stereocenters. The SMILES string of the molecule is c1ccc(-c2ccc(N(c3cccc(-c4ccccc4)c3)c3cc4ccccc4c4c3c3ccc(-c5ccccc5)cc3n4-c3ccc4ccccc4c3)cc2)cc1. The van der Waals surface area contributed by atoms with Crippen LogP contribution in [0.3, 0.4) is 0 Å². The first-order valence-corrected chi connectivity index (χ1v) is 19.9. The molecule has 0 aliphatic heterocycles. The highest BCUT2D eigenvalue weighted by Crippen LogP contribution is 2.48. The van der Waals surface area contributed by atoms with Crippen molar-refractivity contribution in [3.63, 3.8) is 0 Å². The summed E-state index contributed by atoms with van der Waals surface area (Å²) in [5, 5.41) is 7.25. The molecule has 2 heteroatoms. The molecular weight excluding hydrogens is 701 g/mol. The summed E-state index contributed by atoms with van der Waals surface area (Å²) >= 11 is 0. The molecule has 272 valence electrons. The second kappa shape index (κ2) is 14.1. The van der Waals surface area contributed by atoms with Gasteiger partial charge in [-0.1, -0.05) is 182 Å². The third-order valence-corrected chi connectivity index (χ3v) is 11.5. The van der Waals surface area contributed by atoms with Crippen molar-refractivity contribution < 1.29 is 0 Å². The minimum Gasteiger partial charge on any atom is -0.310 e. The van der Waals surface area contributed by atoms with E-state index in [4.69, 9.17) is 0 Å². The number of anilines is 3. The molecule has 1 heterocycles. The van der Waals surface area contributed by atoms with Gasteiger partial charge in [0.25, 0.3) is 0 Å². The van der Waals surface area contributed by atoms with Gasteiger partial charge in [0.05, 0.1) is 16.7 Å². The van der Waals surface area contributed by atoms with E-state index in [0.29, 0.717) is 0 Å². The maximum absolute atomic E-state index is 2.51. The average molecular weight is 739 g/mol. The monoisotopic (exact) mass is 738 g/mol. The summed E-state index contributed by atoms with van der Waals surface area (Å²) in [5.41, 5.74) is 13.9. The molecule has 0 N–H and O–H groups in total. The van der Waals surface area contributed by atoms with Gasteiger partial charge in [0, 0.05) is 33.2 Å². The zero-order valence-corrected chi connectivity index (χ0v) is 31.8. The van der Waals surface area contributed by atoms with Crippen LogP contribution in [-0.2, 0) is 0 Å². The molecule has 0 spiro atoms. The van der Waals surface area contributed by atoms with Gasteiger partial charge in [-0.2, -0.15) is 0 Å². The zero-order chi connectivity index (χ0) is 38.4. The first kappa shape index (κ1) is 33.6. The number of aromatic nitrogens is 1.